The zero-order valence-electron chi connectivity index (χ0n) is 13.3. The second kappa shape index (κ2) is 5.18. The van der Waals surface area contributed by atoms with Crippen LogP contribution in [0.4, 0.5) is 0 Å². The standard InChI is InChI=1S/C16H26N2O2S/c1-15(11-5-6-11)14(20)18(9-4-10-21-3)16(2,12-7-8-12)13(19)17-15/h11-12H,4-10H2,1-3H3,(H,17,19). The van der Waals surface area contributed by atoms with Crippen molar-refractivity contribution in [2.45, 2.75) is 57.0 Å². The summed E-state index contributed by atoms with van der Waals surface area (Å²) in [4.78, 5) is 27.9. The number of hydrogen-bond donors (Lipinski definition) is 1. The molecule has 4 nitrogen and oxygen atoms in total. The molecule has 1 heterocycles. The smallest absolute Gasteiger partial charge is 0.249 e. The number of nitrogens with zero attached hydrogens (tertiary/aromatic N) is 1. The maximum Gasteiger partial charge on any atom is 0.249 e. The van der Waals surface area contributed by atoms with Gasteiger partial charge in [0.2, 0.25) is 11.8 Å². The molecule has 0 spiro atoms. The van der Waals surface area contributed by atoms with Crippen LogP contribution in [0.15, 0.2) is 0 Å². The third-order valence-electron chi connectivity index (χ3n) is 5.58. The van der Waals surface area contributed by atoms with E-state index in [0.29, 0.717) is 18.4 Å². The molecule has 3 rings (SSSR count). The van der Waals surface area contributed by atoms with Crippen LogP contribution in [0, 0.1) is 11.8 Å². The molecule has 21 heavy (non-hydrogen) atoms. The fourth-order valence-electron chi connectivity index (χ4n) is 3.72. The van der Waals surface area contributed by atoms with Crippen LogP contribution in [0.3, 0.4) is 0 Å². The molecule has 3 aliphatic rings. The predicted molar refractivity (Wildman–Crippen MR) is 85.1 cm³/mol. The van der Waals surface area contributed by atoms with Gasteiger partial charge in [-0.05, 0) is 69.8 Å². The first-order valence-corrected chi connectivity index (χ1v) is 9.47. The van der Waals surface area contributed by atoms with Gasteiger partial charge >= 0.3 is 0 Å². The van der Waals surface area contributed by atoms with Crippen LogP contribution in [0.25, 0.3) is 0 Å². The van der Waals surface area contributed by atoms with E-state index < -0.39 is 11.1 Å². The lowest BCUT2D eigenvalue weighted by Crippen LogP contribution is -2.75. The Morgan fingerprint density at radius 2 is 1.81 bits per heavy atom. The molecule has 1 aliphatic heterocycles. The van der Waals surface area contributed by atoms with Gasteiger partial charge in [0.05, 0.1) is 0 Å². The van der Waals surface area contributed by atoms with Crippen molar-refractivity contribution in [3.8, 4) is 0 Å². The summed E-state index contributed by atoms with van der Waals surface area (Å²) in [6.07, 6.45) is 7.29. The lowest BCUT2D eigenvalue weighted by Gasteiger charge is -2.51. The summed E-state index contributed by atoms with van der Waals surface area (Å²) in [7, 11) is 0. The fourth-order valence-corrected chi connectivity index (χ4v) is 4.14. The van der Waals surface area contributed by atoms with E-state index in [1.54, 1.807) is 11.8 Å². The number of carbonyl (C=O) groups is 2. The average molecular weight is 310 g/mol. The van der Waals surface area contributed by atoms with Crippen LogP contribution < -0.4 is 5.32 Å². The molecule has 2 unspecified atom stereocenters. The number of hydrogen-bond acceptors (Lipinski definition) is 3. The number of thioether (sulfide) groups is 1. The van der Waals surface area contributed by atoms with E-state index in [0.717, 1.165) is 37.9 Å². The highest BCUT2D eigenvalue weighted by molar-refractivity contribution is 7.98. The van der Waals surface area contributed by atoms with Gasteiger partial charge in [0.1, 0.15) is 11.1 Å². The lowest BCUT2D eigenvalue weighted by molar-refractivity contribution is -0.164. The van der Waals surface area contributed by atoms with Crippen LogP contribution in [0.1, 0.15) is 46.0 Å². The summed E-state index contributed by atoms with van der Waals surface area (Å²) in [5, 5.41) is 3.10. The van der Waals surface area contributed by atoms with Crippen molar-refractivity contribution >= 4 is 23.6 Å². The zero-order chi connectivity index (χ0) is 15.3. The van der Waals surface area contributed by atoms with Crippen molar-refractivity contribution in [2.75, 3.05) is 18.6 Å². The van der Waals surface area contributed by atoms with E-state index in [2.05, 4.69) is 11.6 Å². The molecule has 0 bridgehead atoms. The highest BCUT2D eigenvalue weighted by atomic mass is 32.2. The molecule has 2 aliphatic carbocycles. The molecule has 1 N–H and O–H groups in total. The first kappa shape index (κ1) is 15.2. The third kappa shape index (κ3) is 2.37. The average Bonchev–Trinajstić information content (AvgIpc) is 3.31. The van der Waals surface area contributed by atoms with Crippen LogP contribution in [0.2, 0.25) is 0 Å². The summed E-state index contributed by atoms with van der Waals surface area (Å²) >= 11 is 1.80. The Hall–Kier alpha value is -0.710. The number of amides is 2. The summed E-state index contributed by atoms with van der Waals surface area (Å²) < 4.78 is 0. The topological polar surface area (TPSA) is 49.4 Å². The molecular formula is C16H26N2O2S. The number of piperazine rings is 1. The molecule has 0 aromatic carbocycles. The summed E-state index contributed by atoms with van der Waals surface area (Å²) in [6, 6.07) is 0. The maximum absolute atomic E-state index is 13.1. The van der Waals surface area contributed by atoms with Gasteiger partial charge in [0.15, 0.2) is 0 Å². The van der Waals surface area contributed by atoms with Gasteiger partial charge in [-0.3, -0.25) is 9.59 Å². The Bertz CT molecular complexity index is 461. The third-order valence-corrected chi connectivity index (χ3v) is 6.28. The van der Waals surface area contributed by atoms with E-state index in [1.165, 1.54) is 0 Å². The van der Waals surface area contributed by atoms with Crippen LogP contribution >= 0.6 is 11.8 Å². The first-order valence-electron chi connectivity index (χ1n) is 8.08. The largest absolute Gasteiger partial charge is 0.340 e. The van der Waals surface area contributed by atoms with E-state index in [4.69, 9.17) is 0 Å². The Kier molecular flexibility index (Phi) is 3.75. The molecule has 0 aromatic heterocycles. The Labute approximate surface area is 131 Å². The van der Waals surface area contributed by atoms with Gasteiger partial charge in [-0.1, -0.05) is 0 Å². The van der Waals surface area contributed by atoms with E-state index in [-0.39, 0.29) is 11.8 Å². The van der Waals surface area contributed by atoms with Crippen molar-refractivity contribution in [2.24, 2.45) is 11.8 Å². The van der Waals surface area contributed by atoms with Crippen molar-refractivity contribution in [3.05, 3.63) is 0 Å². The normalized spacial score (nSPS) is 36.8. The Balaban J connectivity index is 1.87. The van der Waals surface area contributed by atoms with Gasteiger partial charge in [-0.25, -0.2) is 0 Å². The highest BCUT2D eigenvalue weighted by Crippen LogP contribution is 2.49. The summed E-state index contributed by atoms with van der Waals surface area (Å²) in [6.45, 7) is 4.62. The maximum atomic E-state index is 13.1. The van der Waals surface area contributed by atoms with Gasteiger partial charge in [0, 0.05) is 6.54 Å². The zero-order valence-corrected chi connectivity index (χ0v) is 14.1. The Morgan fingerprint density at radius 3 is 2.33 bits per heavy atom. The molecule has 0 aromatic rings. The molecule has 5 heteroatoms. The van der Waals surface area contributed by atoms with Crippen LogP contribution in [-0.4, -0.2) is 46.3 Å². The molecule has 1 saturated heterocycles. The van der Waals surface area contributed by atoms with Crippen molar-refractivity contribution in [1.29, 1.82) is 0 Å². The van der Waals surface area contributed by atoms with Crippen LogP contribution in [0.5, 0.6) is 0 Å². The lowest BCUT2D eigenvalue weighted by atomic mass is 9.81. The summed E-state index contributed by atoms with van der Waals surface area (Å²) in [5.41, 5.74) is -1.28. The molecule has 2 saturated carbocycles. The highest BCUT2D eigenvalue weighted by Gasteiger charge is 2.62. The molecule has 3 fully saturated rings. The van der Waals surface area contributed by atoms with E-state index >= 15 is 0 Å². The predicted octanol–water partition coefficient (Wildman–Crippen LogP) is 2.04. The van der Waals surface area contributed by atoms with Gasteiger partial charge in [-0.15, -0.1) is 0 Å². The SMILES string of the molecule is CSCCCN1C(=O)C(C)(C2CC2)NC(=O)C1(C)C1CC1. The Morgan fingerprint density at radius 1 is 1.19 bits per heavy atom. The second-order valence-corrected chi connectivity index (χ2v) is 8.14. The van der Waals surface area contributed by atoms with Gasteiger partial charge in [0.25, 0.3) is 0 Å². The summed E-state index contributed by atoms with van der Waals surface area (Å²) in [5.74, 6) is 1.94. The first-order chi connectivity index (χ1) is 9.94. The van der Waals surface area contributed by atoms with Gasteiger partial charge < -0.3 is 10.2 Å². The quantitative estimate of drug-likeness (QED) is 0.764. The number of rotatable bonds is 6. The monoisotopic (exact) mass is 310 g/mol. The molecule has 118 valence electrons. The van der Waals surface area contributed by atoms with Crippen LogP contribution in [-0.2, 0) is 9.59 Å². The van der Waals surface area contributed by atoms with Crippen molar-refractivity contribution < 1.29 is 9.59 Å². The van der Waals surface area contributed by atoms with E-state index in [1.807, 2.05) is 18.7 Å². The number of nitrogens with one attached hydrogen (secondary N) is 1. The minimum absolute atomic E-state index is 0.0724. The fraction of sp³-hybridized carbons (Fsp3) is 0.875. The van der Waals surface area contributed by atoms with Gasteiger partial charge in [-0.2, -0.15) is 11.8 Å². The molecule has 2 amide bonds. The second-order valence-electron chi connectivity index (χ2n) is 7.16. The number of carbonyl (C=O) groups excluding carboxylic acids is 2. The molecule has 2 atom stereocenters. The molecular weight excluding hydrogens is 284 g/mol. The minimum Gasteiger partial charge on any atom is -0.340 e. The van der Waals surface area contributed by atoms with Crippen molar-refractivity contribution in [3.63, 3.8) is 0 Å². The molecule has 0 radical (unpaired) electrons. The van der Waals surface area contributed by atoms with E-state index in [9.17, 15) is 9.59 Å². The minimum atomic E-state index is -0.662. The van der Waals surface area contributed by atoms with Crippen molar-refractivity contribution in [1.82, 2.24) is 10.2 Å².